The van der Waals surface area contributed by atoms with Crippen LogP contribution in [0.3, 0.4) is 0 Å². The fourth-order valence-electron chi connectivity index (χ4n) is 3.03. The molecular weight excluding hydrogens is 300 g/mol. The number of likely N-dealkylation sites (tertiary alicyclic amines) is 1. The summed E-state index contributed by atoms with van der Waals surface area (Å²) in [6.07, 6.45) is 2.59. The molecule has 0 aliphatic carbocycles. The van der Waals surface area contributed by atoms with Crippen LogP contribution in [0.15, 0.2) is 48.5 Å². The Morgan fingerprint density at radius 3 is 2.54 bits per heavy atom. The zero-order chi connectivity index (χ0) is 16.8. The van der Waals surface area contributed by atoms with E-state index < -0.39 is 0 Å². The zero-order valence-electron chi connectivity index (χ0n) is 14.1. The minimum atomic E-state index is -0.0504. The third kappa shape index (κ3) is 4.36. The van der Waals surface area contributed by atoms with E-state index in [-0.39, 0.29) is 5.91 Å². The van der Waals surface area contributed by atoms with E-state index in [9.17, 15) is 4.79 Å². The molecule has 0 spiro atoms. The molecule has 0 aromatic heterocycles. The molecule has 0 atom stereocenters. The molecule has 1 saturated heterocycles. The molecule has 0 saturated carbocycles. The van der Waals surface area contributed by atoms with Gasteiger partial charge in [0, 0.05) is 18.7 Å². The highest BCUT2D eigenvalue weighted by Gasteiger charge is 2.12. The van der Waals surface area contributed by atoms with Gasteiger partial charge in [-0.05, 0) is 61.3 Å². The molecule has 1 N–H and O–H groups in total. The Balaban J connectivity index is 1.54. The second-order valence-electron chi connectivity index (χ2n) is 6.21. The molecular formula is C20H24N2O2. The first-order valence-corrected chi connectivity index (χ1v) is 8.47. The molecule has 3 rings (SSSR count). The maximum atomic E-state index is 12.3. The normalized spacial score (nSPS) is 14.5. The van der Waals surface area contributed by atoms with Crippen LogP contribution in [0.5, 0.6) is 5.75 Å². The topological polar surface area (TPSA) is 41.6 Å². The number of carbonyl (C=O) groups is 1. The highest BCUT2D eigenvalue weighted by atomic mass is 16.5. The van der Waals surface area contributed by atoms with E-state index in [0.717, 1.165) is 17.9 Å². The second kappa shape index (κ2) is 7.97. The molecule has 24 heavy (non-hydrogen) atoms. The first kappa shape index (κ1) is 16.5. The SMILES string of the molecule is COc1cccc(CNC(=O)c2ccc(CN3CCCC3)cc2)c1. The number of rotatable bonds is 6. The van der Waals surface area contributed by atoms with Crippen LogP contribution in [0.4, 0.5) is 0 Å². The average molecular weight is 324 g/mol. The first-order chi connectivity index (χ1) is 11.7. The molecule has 1 amide bonds. The van der Waals surface area contributed by atoms with Gasteiger partial charge in [0.15, 0.2) is 0 Å². The molecule has 0 bridgehead atoms. The van der Waals surface area contributed by atoms with Gasteiger partial charge in [-0.15, -0.1) is 0 Å². The van der Waals surface area contributed by atoms with Crippen LogP contribution in [0, 0.1) is 0 Å². The fraction of sp³-hybridized carbons (Fsp3) is 0.350. The summed E-state index contributed by atoms with van der Waals surface area (Å²) < 4.78 is 5.20. The first-order valence-electron chi connectivity index (χ1n) is 8.47. The van der Waals surface area contributed by atoms with Gasteiger partial charge >= 0.3 is 0 Å². The minimum Gasteiger partial charge on any atom is -0.497 e. The molecule has 1 aliphatic heterocycles. The molecule has 1 fully saturated rings. The van der Waals surface area contributed by atoms with Crippen molar-refractivity contribution in [1.82, 2.24) is 10.2 Å². The fourth-order valence-corrected chi connectivity index (χ4v) is 3.03. The van der Waals surface area contributed by atoms with Gasteiger partial charge in [-0.25, -0.2) is 0 Å². The molecule has 1 heterocycles. The summed E-state index contributed by atoms with van der Waals surface area (Å²) in [5.74, 6) is 0.749. The molecule has 126 valence electrons. The standard InChI is InChI=1S/C20H24N2O2/c1-24-19-6-4-5-17(13-19)14-21-20(23)18-9-7-16(8-10-18)15-22-11-2-3-12-22/h4-10,13H,2-3,11-12,14-15H2,1H3,(H,21,23). The number of hydrogen-bond acceptors (Lipinski definition) is 3. The Hall–Kier alpha value is -2.33. The number of nitrogens with one attached hydrogen (secondary N) is 1. The van der Waals surface area contributed by atoms with E-state index in [1.165, 1.54) is 31.5 Å². The van der Waals surface area contributed by atoms with E-state index in [1.807, 2.05) is 36.4 Å². The van der Waals surface area contributed by atoms with Crippen molar-refractivity contribution in [3.8, 4) is 5.75 Å². The van der Waals surface area contributed by atoms with Crippen molar-refractivity contribution in [3.05, 3.63) is 65.2 Å². The van der Waals surface area contributed by atoms with Crippen LogP contribution in [0.1, 0.15) is 34.3 Å². The Kier molecular flexibility index (Phi) is 5.49. The predicted octanol–water partition coefficient (Wildman–Crippen LogP) is 3.22. The van der Waals surface area contributed by atoms with Crippen LogP contribution in [0.2, 0.25) is 0 Å². The van der Waals surface area contributed by atoms with E-state index in [0.29, 0.717) is 12.1 Å². The summed E-state index contributed by atoms with van der Waals surface area (Å²) in [7, 11) is 1.64. The van der Waals surface area contributed by atoms with Crippen molar-refractivity contribution >= 4 is 5.91 Å². The molecule has 0 radical (unpaired) electrons. The van der Waals surface area contributed by atoms with Gasteiger partial charge in [0.25, 0.3) is 5.91 Å². The molecule has 4 heteroatoms. The number of ether oxygens (including phenoxy) is 1. The Morgan fingerprint density at radius 1 is 1.08 bits per heavy atom. The summed E-state index contributed by atoms with van der Waals surface area (Å²) in [5, 5.41) is 2.95. The van der Waals surface area contributed by atoms with Crippen molar-refractivity contribution in [3.63, 3.8) is 0 Å². The van der Waals surface area contributed by atoms with Gasteiger partial charge in [0.2, 0.25) is 0 Å². The summed E-state index contributed by atoms with van der Waals surface area (Å²) in [6.45, 7) is 3.84. The summed E-state index contributed by atoms with van der Waals surface area (Å²) in [5.41, 5.74) is 2.98. The van der Waals surface area contributed by atoms with Crippen LogP contribution in [-0.4, -0.2) is 31.0 Å². The van der Waals surface area contributed by atoms with Crippen LogP contribution >= 0.6 is 0 Å². The smallest absolute Gasteiger partial charge is 0.251 e. The number of nitrogens with zero attached hydrogens (tertiary/aromatic N) is 1. The molecule has 4 nitrogen and oxygen atoms in total. The van der Waals surface area contributed by atoms with Gasteiger partial charge in [-0.3, -0.25) is 9.69 Å². The van der Waals surface area contributed by atoms with Crippen LogP contribution in [0.25, 0.3) is 0 Å². The van der Waals surface area contributed by atoms with Crippen molar-refractivity contribution in [2.24, 2.45) is 0 Å². The maximum absolute atomic E-state index is 12.3. The van der Waals surface area contributed by atoms with Crippen molar-refractivity contribution in [2.45, 2.75) is 25.9 Å². The lowest BCUT2D eigenvalue weighted by Crippen LogP contribution is -2.23. The molecule has 1 aliphatic rings. The van der Waals surface area contributed by atoms with Gasteiger partial charge in [0.1, 0.15) is 5.75 Å². The van der Waals surface area contributed by atoms with Gasteiger partial charge in [0.05, 0.1) is 7.11 Å². The monoisotopic (exact) mass is 324 g/mol. The van der Waals surface area contributed by atoms with Crippen LogP contribution in [-0.2, 0) is 13.1 Å². The summed E-state index contributed by atoms with van der Waals surface area (Å²) in [6, 6.07) is 15.6. The van der Waals surface area contributed by atoms with Crippen molar-refractivity contribution < 1.29 is 9.53 Å². The van der Waals surface area contributed by atoms with Crippen molar-refractivity contribution in [1.29, 1.82) is 0 Å². The molecule has 0 unspecified atom stereocenters. The third-order valence-electron chi connectivity index (χ3n) is 4.41. The highest BCUT2D eigenvalue weighted by molar-refractivity contribution is 5.94. The molecule has 2 aromatic rings. The summed E-state index contributed by atoms with van der Waals surface area (Å²) >= 11 is 0. The molecule has 2 aromatic carbocycles. The van der Waals surface area contributed by atoms with Gasteiger partial charge in [-0.1, -0.05) is 24.3 Å². The lowest BCUT2D eigenvalue weighted by Gasteiger charge is -2.14. The largest absolute Gasteiger partial charge is 0.497 e. The Morgan fingerprint density at radius 2 is 1.83 bits per heavy atom. The zero-order valence-corrected chi connectivity index (χ0v) is 14.1. The number of methoxy groups -OCH3 is 1. The average Bonchev–Trinajstić information content (AvgIpc) is 3.13. The van der Waals surface area contributed by atoms with E-state index >= 15 is 0 Å². The van der Waals surface area contributed by atoms with E-state index in [1.54, 1.807) is 7.11 Å². The highest BCUT2D eigenvalue weighted by Crippen LogP contribution is 2.14. The maximum Gasteiger partial charge on any atom is 0.251 e. The Bertz CT molecular complexity index is 676. The third-order valence-corrected chi connectivity index (χ3v) is 4.41. The van der Waals surface area contributed by atoms with E-state index in [2.05, 4.69) is 22.3 Å². The second-order valence-corrected chi connectivity index (χ2v) is 6.21. The number of benzene rings is 2. The number of hydrogen-bond donors (Lipinski definition) is 1. The van der Waals surface area contributed by atoms with Crippen molar-refractivity contribution in [2.75, 3.05) is 20.2 Å². The Labute approximate surface area is 143 Å². The van der Waals surface area contributed by atoms with Gasteiger partial charge < -0.3 is 10.1 Å². The van der Waals surface area contributed by atoms with E-state index in [4.69, 9.17) is 4.74 Å². The minimum absolute atomic E-state index is 0.0504. The quantitative estimate of drug-likeness (QED) is 0.887. The summed E-state index contributed by atoms with van der Waals surface area (Å²) in [4.78, 5) is 14.7. The lowest BCUT2D eigenvalue weighted by molar-refractivity contribution is 0.0951. The number of carbonyl (C=O) groups excluding carboxylic acids is 1. The lowest BCUT2D eigenvalue weighted by atomic mass is 10.1. The predicted molar refractivity (Wildman–Crippen MR) is 95.1 cm³/mol. The van der Waals surface area contributed by atoms with Crippen LogP contribution < -0.4 is 10.1 Å². The number of amides is 1. The van der Waals surface area contributed by atoms with Gasteiger partial charge in [-0.2, -0.15) is 0 Å².